The Labute approximate surface area is 107 Å². The summed E-state index contributed by atoms with van der Waals surface area (Å²) in [5.74, 6) is -0.168. The lowest BCUT2D eigenvalue weighted by Gasteiger charge is -2.33. The van der Waals surface area contributed by atoms with Crippen molar-refractivity contribution < 1.29 is 9.90 Å². The number of anilines is 2. The van der Waals surface area contributed by atoms with Crippen LogP contribution in [0.15, 0.2) is 18.2 Å². The van der Waals surface area contributed by atoms with Gasteiger partial charge in [-0.1, -0.05) is 6.42 Å². The van der Waals surface area contributed by atoms with Gasteiger partial charge in [0.15, 0.2) is 0 Å². The number of hydrogen-bond donors (Lipinski definition) is 2. The molecule has 0 aromatic heterocycles. The molecule has 3 N–H and O–H groups in total. The summed E-state index contributed by atoms with van der Waals surface area (Å²) in [5.41, 5.74) is 7.72. The van der Waals surface area contributed by atoms with Crippen molar-refractivity contribution in [2.45, 2.75) is 26.2 Å². The second-order valence-electron chi connectivity index (χ2n) is 4.91. The molecule has 0 amide bonds. The molecule has 0 heterocycles. The zero-order valence-corrected chi connectivity index (χ0v) is 10.7. The van der Waals surface area contributed by atoms with Gasteiger partial charge in [0.05, 0.1) is 16.9 Å². The maximum atomic E-state index is 10.9. The van der Waals surface area contributed by atoms with Gasteiger partial charge in [-0.25, -0.2) is 4.79 Å². The summed E-state index contributed by atoms with van der Waals surface area (Å²) in [6, 6.07) is 4.99. The molecule has 1 fully saturated rings. The van der Waals surface area contributed by atoms with Gasteiger partial charge < -0.3 is 15.7 Å². The summed E-state index contributed by atoms with van der Waals surface area (Å²) in [4.78, 5) is 13.1. The van der Waals surface area contributed by atoms with Crippen molar-refractivity contribution in [3.05, 3.63) is 23.8 Å². The lowest BCUT2D eigenvalue weighted by Crippen LogP contribution is -2.32. The topological polar surface area (TPSA) is 66.6 Å². The van der Waals surface area contributed by atoms with Crippen molar-refractivity contribution >= 4 is 17.3 Å². The molecule has 0 atom stereocenters. The maximum Gasteiger partial charge on any atom is 0.335 e. The predicted octanol–water partition coefficient (Wildman–Crippen LogP) is 2.59. The van der Waals surface area contributed by atoms with Crippen molar-refractivity contribution in [1.82, 2.24) is 0 Å². The summed E-state index contributed by atoms with van der Waals surface area (Å²) in [5, 5.41) is 8.92. The summed E-state index contributed by atoms with van der Waals surface area (Å²) in [6.45, 7) is 4.02. The highest BCUT2D eigenvalue weighted by Gasteiger charge is 2.21. The van der Waals surface area contributed by atoms with Gasteiger partial charge in [0.25, 0.3) is 0 Å². The van der Waals surface area contributed by atoms with Gasteiger partial charge in [0.2, 0.25) is 0 Å². The Hall–Kier alpha value is -1.71. The smallest absolute Gasteiger partial charge is 0.335 e. The summed E-state index contributed by atoms with van der Waals surface area (Å²) in [7, 11) is 0. The number of carboxylic acid groups (broad SMARTS) is 1. The fraction of sp³-hybridized carbons (Fsp3) is 0.500. The monoisotopic (exact) mass is 248 g/mol. The third kappa shape index (κ3) is 2.58. The van der Waals surface area contributed by atoms with Gasteiger partial charge in [-0.05, 0) is 43.9 Å². The standard InChI is InChI=1S/C14H20N2O2/c1-2-16(9-10-4-3-5-10)13-7-6-11(14(17)18)8-12(13)15/h6-8,10H,2-5,9,15H2,1H3,(H,17,18). The molecule has 2 rings (SSSR count). The van der Waals surface area contributed by atoms with Crippen molar-refractivity contribution in [3.8, 4) is 0 Å². The molecule has 4 heteroatoms. The fourth-order valence-electron chi connectivity index (χ4n) is 2.36. The highest BCUT2D eigenvalue weighted by Crippen LogP contribution is 2.31. The Morgan fingerprint density at radius 2 is 2.22 bits per heavy atom. The molecule has 1 aliphatic carbocycles. The number of nitrogens with two attached hydrogens (primary N) is 1. The van der Waals surface area contributed by atoms with Crippen LogP contribution >= 0.6 is 0 Å². The van der Waals surface area contributed by atoms with Gasteiger partial charge in [0.1, 0.15) is 0 Å². The fourth-order valence-corrected chi connectivity index (χ4v) is 2.36. The minimum Gasteiger partial charge on any atom is -0.478 e. The highest BCUT2D eigenvalue weighted by atomic mass is 16.4. The van der Waals surface area contributed by atoms with Gasteiger partial charge in [0, 0.05) is 13.1 Å². The van der Waals surface area contributed by atoms with E-state index in [-0.39, 0.29) is 5.56 Å². The number of nitrogen functional groups attached to an aromatic ring is 1. The molecular formula is C14H20N2O2. The van der Waals surface area contributed by atoms with Gasteiger partial charge in [-0.2, -0.15) is 0 Å². The van der Waals surface area contributed by atoms with Crippen LogP contribution in [0.4, 0.5) is 11.4 Å². The molecule has 0 spiro atoms. The second kappa shape index (κ2) is 5.29. The van der Waals surface area contributed by atoms with Crippen LogP contribution in [-0.4, -0.2) is 24.2 Å². The van der Waals surface area contributed by atoms with E-state index in [0.29, 0.717) is 5.69 Å². The van der Waals surface area contributed by atoms with Crippen LogP contribution in [0.3, 0.4) is 0 Å². The van der Waals surface area contributed by atoms with E-state index >= 15 is 0 Å². The summed E-state index contributed by atoms with van der Waals surface area (Å²) >= 11 is 0. The molecule has 0 aliphatic heterocycles. The molecule has 0 unspecified atom stereocenters. The Bertz CT molecular complexity index is 441. The molecule has 1 aromatic carbocycles. The molecule has 1 saturated carbocycles. The number of aromatic carboxylic acids is 1. The van der Waals surface area contributed by atoms with Crippen molar-refractivity contribution in [3.63, 3.8) is 0 Å². The van der Waals surface area contributed by atoms with Crippen LogP contribution < -0.4 is 10.6 Å². The van der Waals surface area contributed by atoms with Crippen LogP contribution in [0, 0.1) is 5.92 Å². The Morgan fingerprint density at radius 1 is 1.50 bits per heavy atom. The average molecular weight is 248 g/mol. The van der Waals surface area contributed by atoms with E-state index in [1.54, 1.807) is 12.1 Å². The number of rotatable bonds is 5. The molecular weight excluding hydrogens is 228 g/mol. The minimum absolute atomic E-state index is 0.246. The third-order valence-electron chi connectivity index (χ3n) is 3.70. The lowest BCUT2D eigenvalue weighted by atomic mass is 9.85. The largest absolute Gasteiger partial charge is 0.478 e. The first kappa shape index (κ1) is 12.7. The van der Waals surface area contributed by atoms with E-state index in [1.807, 2.05) is 6.07 Å². The molecule has 4 nitrogen and oxygen atoms in total. The maximum absolute atomic E-state index is 10.9. The van der Waals surface area contributed by atoms with Crippen molar-refractivity contribution in [2.75, 3.05) is 23.7 Å². The Balaban J connectivity index is 2.16. The van der Waals surface area contributed by atoms with Crippen molar-refractivity contribution in [2.24, 2.45) is 5.92 Å². The quantitative estimate of drug-likeness (QED) is 0.786. The number of nitrogens with zero attached hydrogens (tertiary/aromatic N) is 1. The van der Waals surface area contributed by atoms with E-state index in [2.05, 4.69) is 11.8 Å². The van der Waals surface area contributed by atoms with Gasteiger partial charge >= 0.3 is 5.97 Å². The molecule has 0 radical (unpaired) electrons. The zero-order valence-electron chi connectivity index (χ0n) is 10.7. The van der Waals surface area contributed by atoms with Crippen LogP contribution in [0.2, 0.25) is 0 Å². The summed E-state index contributed by atoms with van der Waals surface area (Å²) < 4.78 is 0. The van der Waals surface area contributed by atoms with Crippen LogP contribution in [-0.2, 0) is 0 Å². The molecule has 18 heavy (non-hydrogen) atoms. The number of benzene rings is 1. The van der Waals surface area contributed by atoms with E-state index in [0.717, 1.165) is 24.7 Å². The van der Waals surface area contributed by atoms with E-state index in [4.69, 9.17) is 10.8 Å². The van der Waals surface area contributed by atoms with Crippen molar-refractivity contribution in [1.29, 1.82) is 0 Å². The average Bonchev–Trinajstić information content (AvgIpc) is 2.29. The molecule has 98 valence electrons. The minimum atomic E-state index is -0.935. The molecule has 1 aromatic rings. The molecule has 1 aliphatic rings. The van der Waals surface area contributed by atoms with E-state index in [1.165, 1.54) is 19.3 Å². The first-order valence-electron chi connectivity index (χ1n) is 6.49. The van der Waals surface area contributed by atoms with Crippen LogP contribution in [0.1, 0.15) is 36.5 Å². The SMILES string of the molecule is CCN(CC1CCC1)c1ccc(C(=O)O)cc1N. The Morgan fingerprint density at radius 3 is 2.67 bits per heavy atom. The van der Waals surface area contributed by atoms with Crippen LogP contribution in [0.25, 0.3) is 0 Å². The highest BCUT2D eigenvalue weighted by molar-refractivity contribution is 5.90. The lowest BCUT2D eigenvalue weighted by molar-refractivity contribution is 0.0697. The zero-order chi connectivity index (χ0) is 13.1. The van der Waals surface area contributed by atoms with Gasteiger partial charge in [-0.3, -0.25) is 0 Å². The number of carboxylic acids is 1. The number of carbonyl (C=O) groups is 1. The molecule has 0 saturated heterocycles. The molecule has 0 bridgehead atoms. The summed E-state index contributed by atoms with van der Waals surface area (Å²) in [6.07, 6.45) is 3.92. The second-order valence-corrected chi connectivity index (χ2v) is 4.91. The third-order valence-corrected chi connectivity index (χ3v) is 3.70. The predicted molar refractivity (Wildman–Crippen MR) is 73.0 cm³/mol. The van der Waals surface area contributed by atoms with E-state index < -0.39 is 5.97 Å². The first-order chi connectivity index (χ1) is 8.61. The normalized spacial score (nSPS) is 15.2. The van der Waals surface area contributed by atoms with E-state index in [9.17, 15) is 4.79 Å². The van der Waals surface area contributed by atoms with Gasteiger partial charge in [-0.15, -0.1) is 0 Å². The number of hydrogen-bond acceptors (Lipinski definition) is 3. The first-order valence-corrected chi connectivity index (χ1v) is 6.49. The van der Waals surface area contributed by atoms with Crippen LogP contribution in [0.5, 0.6) is 0 Å². The Kier molecular flexibility index (Phi) is 3.75.